The first kappa shape index (κ1) is 32.3. The van der Waals surface area contributed by atoms with Crippen LogP contribution in [0.5, 0.6) is 0 Å². The molecule has 0 unspecified atom stereocenters. The molecular formula is C52H33N3S. The second kappa shape index (κ2) is 13.3. The molecule has 8 aromatic carbocycles. The molecule has 0 amide bonds. The van der Waals surface area contributed by atoms with Gasteiger partial charge in [-0.25, -0.2) is 9.97 Å². The second-order valence-corrected chi connectivity index (χ2v) is 15.2. The van der Waals surface area contributed by atoms with E-state index >= 15 is 0 Å². The van der Waals surface area contributed by atoms with Crippen LogP contribution in [0.25, 0.3) is 104 Å². The third-order valence-electron chi connectivity index (χ3n) is 10.8. The largest absolute Gasteiger partial charge is 0.309 e. The van der Waals surface area contributed by atoms with Crippen LogP contribution in [-0.2, 0) is 0 Å². The molecular weight excluding hydrogens is 699 g/mol. The third-order valence-corrected chi connectivity index (χ3v) is 12.0. The van der Waals surface area contributed by atoms with Gasteiger partial charge in [-0.1, -0.05) is 152 Å². The monoisotopic (exact) mass is 731 g/mol. The van der Waals surface area contributed by atoms with Gasteiger partial charge in [0.2, 0.25) is 0 Å². The minimum Gasteiger partial charge on any atom is -0.309 e. The zero-order valence-electron chi connectivity index (χ0n) is 30.3. The predicted octanol–water partition coefficient (Wildman–Crippen LogP) is 14.3. The van der Waals surface area contributed by atoms with Crippen LogP contribution in [0.4, 0.5) is 0 Å². The molecule has 11 aromatic rings. The number of benzene rings is 8. The average molecular weight is 732 g/mol. The highest BCUT2D eigenvalue weighted by molar-refractivity contribution is 7.26. The van der Waals surface area contributed by atoms with Gasteiger partial charge in [-0.3, -0.25) is 0 Å². The number of nitrogens with zero attached hydrogens (tertiary/aromatic N) is 3. The lowest BCUT2D eigenvalue weighted by Gasteiger charge is -2.11. The molecule has 11 rings (SSSR count). The number of thiophene rings is 1. The van der Waals surface area contributed by atoms with Crippen molar-refractivity contribution >= 4 is 53.4 Å². The molecule has 0 bridgehead atoms. The summed E-state index contributed by atoms with van der Waals surface area (Å²) in [5.74, 6) is 0.738. The Hall–Kier alpha value is -7.14. The molecule has 0 aliphatic rings. The van der Waals surface area contributed by atoms with Crippen molar-refractivity contribution in [3.05, 3.63) is 200 Å². The minimum atomic E-state index is 0.738. The standard InChI is InChI=1S/C52H33N3S/c1-4-15-34(16-5-1)38-29-30-45-44(33-38)48-42(26-14-27-46(48)55(45)41-23-8-3-9-24-41)39-21-12-19-36(31-39)37-20-13-22-40(32-37)49-51-50(43-25-10-11-28-47(43)56-51)54-52(53-49)35-17-6-2-7-18-35/h1-33H. The summed E-state index contributed by atoms with van der Waals surface area (Å²) in [5, 5.41) is 3.64. The zero-order chi connectivity index (χ0) is 37.0. The van der Waals surface area contributed by atoms with Crippen molar-refractivity contribution < 1.29 is 0 Å². The zero-order valence-corrected chi connectivity index (χ0v) is 31.1. The van der Waals surface area contributed by atoms with Crippen molar-refractivity contribution in [3.8, 4) is 61.7 Å². The van der Waals surface area contributed by atoms with Crippen LogP contribution < -0.4 is 0 Å². The predicted molar refractivity (Wildman–Crippen MR) is 236 cm³/mol. The summed E-state index contributed by atoms with van der Waals surface area (Å²) in [6, 6.07) is 71.6. The molecule has 0 radical (unpaired) electrons. The molecule has 3 heterocycles. The normalized spacial score (nSPS) is 11.6. The van der Waals surface area contributed by atoms with Crippen molar-refractivity contribution in [3.63, 3.8) is 0 Å². The molecule has 0 saturated heterocycles. The highest BCUT2D eigenvalue weighted by Gasteiger charge is 2.19. The van der Waals surface area contributed by atoms with Gasteiger partial charge in [0.25, 0.3) is 0 Å². The molecule has 0 atom stereocenters. The van der Waals surface area contributed by atoms with E-state index in [0.29, 0.717) is 0 Å². The van der Waals surface area contributed by atoms with E-state index in [1.54, 1.807) is 11.3 Å². The van der Waals surface area contributed by atoms with E-state index in [9.17, 15) is 0 Å². The smallest absolute Gasteiger partial charge is 0.160 e. The van der Waals surface area contributed by atoms with E-state index in [-0.39, 0.29) is 0 Å². The summed E-state index contributed by atoms with van der Waals surface area (Å²) in [4.78, 5) is 10.4. The molecule has 0 fully saturated rings. The minimum absolute atomic E-state index is 0.738. The van der Waals surface area contributed by atoms with Crippen LogP contribution in [0.2, 0.25) is 0 Å². The van der Waals surface area contributed by atoms with E-state index < -0.39 is 0 Å². The van der Waals surface area contributed by atoms with Crippen molar-refractivity contribution in [1.82, 2.24) is 14.5 Å². The molecule has 3 nitrogen and oxygen atoms in total. The molecule has 0 spiro atoms. The lowest BCUT2D eigenvalue weighted by Crippen LogP contribution is -1.94. The molecule has 0 aliphatic heterocycles. The first-order valence-electron chi connectivity index (χ1n) is 18.9. The number of rotatable bonds is 6. The molecule has 0 N–H and O–H groups in total. The molecule has 3 aromatic heterocycles. The Bertz CT molecular complexity index is 3240. The third kappa shape index (κ3) is 5.42. The van der Waals surface area contributed by atoms with E-state index in [0.717, 1.165) is 55.1 Å². The first-order chi connectivity index (χ1) is 27.8. The van der Waals surface area contributed by atoms with Crippen molar-refractivity contribution in [1.29, 1.82) is 0 Å². The molecule has 0 aliphatic carbocycles. The first-order valence-corrected chi connectivity index (χ1v) is 19.7. The Kier molecular flexibility index (Phi) is 7.68. The fourth-order valence-corrected chi connectivity index (χ4v) is 9.35. The summed E-state index contributed by atoms with van der Waals surface area (Å²) < 4.78 is 4.72. The molecule has 4 heteroatoms. The lowest BCUT2D eigenvalue weighted by atomic mass is 9.94. The van der Waals surface area contributed by atoms with E-state index in [2.05, 4.69) is 187 Å². The number of hydrogen-bond donors (Lipinski definition) is 0. The van der Waals surface area contributed by atoms with Gasteiger partial charge < -0.3 is 4.57 Å². The number of para-hydroxylation sites is 1. The van der Waals surface area contributed by atoms with Crippen LogP contribution in [-0.4, -0.2) is 14.5 Å². The summed E-state index contributed by atoms with van der Waals surface area (Å²) >= 11 is 1.76. The van der Waals surface area contributed by atoms with Gasteiger partial charge in [0, 0.05) is 37.7 Å². The summed E-state index contributed by atoms with van der Waals surface area (Å²) in [6.45, 7) is 0. The Labute approximate surface area is 328 Å². The van der Waals surface area contributed by atoms with Gasteiger partial charge in [0.05, 0.1) is 26.9 Å². The maximum absolute atomic E-state index is 5.25. The Morgan fingerprint density at radius 3 is 1.79 bits per heavy atom. The van der Waals surface area contributed by atoms with Crippen LogP contribution in [0.1, 0.15) is 0 Å². The van der Waals surface area contributed by atoms with Crippen molar-refractivity contribution in [2.45, 2.75) is 0 Å². The van der Waals surface area contributed by atoms with E-state index in [4.69, 9.17) is 9.97 Å². The summed E-state index contributed by atoms with van der Waals surface area (Å²) in [6.07, 6.45) is 0. The van der Waals surface area contributed by atoms with Crippen molar-refractivity contribution in [2.75, 3.05) is 0 Å². The van der Waals surface area contributed by atoms with Gasteiger partial charge in [0.1, 0.15) is 0 Å². The molecule has 262 valence electrons. The topological polar surface area (TPSA) is 30.7 Å². The summed E-state index contributed by atoms with van der Waals surface area (Å²) in [5.41, 5.74) is 14.7. The SMILES string of the molecule is c1ccc(-c2ccc3c(c2)c2c(-c4cccc(-c5cccc(-c6nc(-c7ccccc7)nc7c6sc6ccccc67)c5)c4)cccc2n3-c2ccccc2)cc1. The Morgan fingerprint density at radius 1 is 0.393 bits per heavy atom. The van der Waals surface area contributed by atoms with Gasteiger partial charge in [-0.2, -0.15) is 0 Å². The quantitative estimate of drug-likeness (QED) is 0.170. The molecule has 56 heavy (non-hydrogen) atoms. The van der Waals surface area contributed by atoms with Crippen LogP contribution >= 0.6 is 11.3 Å². The fraction of sp³-hybridized carbons (Fsp3) is 0. The van der Waals surface area contributed by atoms with Gasteiger partial charge in [-0.05, 0) is 81.9 Å². The average Bonchev–Trinajstić information content (AvgIpc) is 3.83. The summed E-state index contributed by atoms with van der Waals surface area (Å²) in [7, 11) is 0. The van der Waals surface area contributed by atoms with Gasteiger partial charge in [0.15, 0.2) is 5.82 Å². The lowest BCUT2D eigenvalue weighted by molar-refractivity contribution is 1.18. The van der Waals surface area contributed by atoms with E-state index in [1.807, 2.05) is 18.2 Å². The highest BCUT2D eigenvalue weighted by atomic mass is 32.1. The Balaban J connectivity index is 1.08. The van der Waals surface area contributed by atoms with Crippen LogP contribution in [0, 0.1) is 0 Å². The number of fused-ring (bicyclic) bond motifs is 6. The Morgan fingerprint density at radius 2 is 1.00 bits per heavy atom. The maximum Gasteiger partial charge on any atom is 0.160 e. The molecule has 0 saturated carbocycles. The number of aromatic nitrogens is 3. The number of hydrogen-bond acceptors (Lipinski definition) is 3. The van der Waals surface area contributed by atoms with Gasteiger partial charge in [-0.15, -0.1) is 11.3 Å². The van der Waals surface area contributed by atoms with Crippen LogP contribution in [0.15, 0.2) is 200 Å². The van der Waals surface area contributed by atoms with Crippen molar-refractivity contribution in [2.24, 2.45) is 0 Å². The van der Waals surface area contributed by atoms with E-state index in [1.165, 1.54) is 48.8 Å². The maximum atomic E-state index is 5.25. The second-order valence-electron chi connectivity index (χ2n) is 14.2. The fourth-order valence-electron chi connectivity index (χ4n) is 8.19. The van der Waals surface area contributed by atoms with Crippen LogP contribution in [0.3, 0.4) is 0 Å². The van der Waals surface area contributed by atoms with Gasteiger partial charge >= 0.3 is 0 Å². The highest BCUT2D eigenvalue weighted by Crippen LogP contribution is 2.43.